The van der Waals surface area contributed by atoms with Gasteiger partial charge in [0.05, 0.1) is 18.4 Å². The zero-order valence-corrected chi connectivity index (χ0v) is 20.0. The molecule has 6 atom stereocenters. The molecule has 0 saturated heterocycles. The molecule has 0 spiro atoms. The minimum Gasteiger partial charge on any atom is -0.392 e. The Morgan fingerprint density at radius 1 is 0.815 bits per heavy atom. The van der Waals surface area contributed by atoms with Crippen molar-refractivity contribution < 1.29 is 13.6 Å². The Hall–Kier alpha value is 0.0969. The molecule has 2 aliphatic rings. The summed E-state index contributed by atoms with van der Waals surface area (Å²) in [5.41, 5.74) is 0. The van der Waals surface area contributed by atoms with Crippen molar-refractivity contribution in [2.45, 2.75) is 99.2 Å². The molecular formula is C23H45O3Si. The lowest BCUT2D eigenvalue weighted by Gasteiger charge is -2.40. The lowest BCUT2D eigenvalue weighted by molar-refractivity contribution is -0.0393. The number of rotatable bonds is 9. The maximum Gasteiger partial charge on any atom is 0.413 e. The van der Waals surface area contributed by atoms with E-state index in [4.69, 9.17) is 13.6 Å². The van der Waals surface area contributed by atoms with Crippen LogP contribution in [0.2, 0.25) is 0 Å². The maximum absolute atomic E-state index is 6.64. The maximum atomic E-state index is 6.64. The molecule has 0 bridgehead atoms. The molecule has 159 valence electrons. The van der Waals surface area contributed by atoms with E-state index in [-0.39, 0.29) is 0 Å². The van der Waals surface area contributed by atoms with Crippen LogP contribution in [-0.4, -0.2) is 34.3 Å². The van der Waals surface area contributed by atoms with E-state index in [1.54, 1.807) is 0 Å². The van der Waals surface area contributed by atoms with Crippen molar-refractivity contribution in [2.75, 3.05) is 12.8 Å². The van der Waals surface area contributed by atoms with Gasteiger partial charge >= 0.3 is 9.28 Å². The van der Waals surface area contributed by atoms with Crippen LogP contribution in [0.15, 0.2) is 0 Å². The van der Waals surface area contributed by atoms with Crippen LogP contribution in [0.5, 0.6) is 0 Å². The van der Waals surface area contributed by atoms with E-state index in [0.29, 0.717) is 42.1 Å². The summed E-state index contributed by atoms with van der Waals surface area (Å²) in [6.45, 7) is 16.9. The first-order valence-electron chi connectivity index (χ1n) is 11.6. The van der Waals surface area contributed by atoms with Gasteiger partial charge in [0.15, 0.2) is 0 Å². The van der Waals surface area contributed by atoms with Crippen molar-refractivity contribution in [3.8, 4) is 0 Å². The first-order chi connectivity index (χ1) is 12.8. The van der Waals surface area contributed by atoms with Gasteiger partial charge in [-0.25, -0.2) is 0 Å². The standard InChI is InChI=1S/C23H45O3Si/c1-8-25-27(26-23-14-19(7)10-12-21(23)17(4)5)15-24-22-13-18(6)9-11-20(22)16(2)3/h16-23H,8-15H2,1-7H3. The fraction of sp³-hybridized carbons (Fsp3) is 1.00. The molecule has 4 heteroatoms. The van der Waals surface area contributed by atoms with Gasteiger partial charge in [0.1, 0.15) is 0 Å². The van der Waals surface area contributed by atoms with Crippen LogP contribution < -0.4 is 0 Å². The largest absolute Gasteiger partial charge is 0.413 e. The summed E-state index contributed by atoms with van der Waals surface area (Å²) >= 11 is 0. The highest BCUT2D eigenvalue weighted by molar-refractivity contribution is 6.44. The predicted molar refractivity (Wildman–Crippen MR) is 115 cm³/mol. The number of hydrogen-bond donors (Lipinski definition) is 0. The Morgan fingerprint density at radius 3 is 1.85 bits per heavy atom. The summed E-state index contributed by atoms with van der Waals surface area (Å²) in [5, 5.41) is 0. The van der Waals surface area contributed by atoms with Crippen LogP contribution in [-0.2, 0) is 13.6 Å². The molecule has 0 aromatic rings. The van der Waals surface area contributed by atoms with Crippen LogP contribution in [0.25, 0.3) is 0 Å². The Bertz CT molecular complexity index is 414. The molecule has 3 nitrogen and oxygen atoms in total. The second-order valence-corrected chi connectivity index (χ2v) is 11.5. The van der Waals surface area contributed by atoms with E-state index in [1.165, 1.54) is 38.5 Å². The van der Waals surface area contributed by atoms with Gasteiger partial charge in [0.2, 0.25) is 0 Å². The molecule has 2 aliphatic carbocycles. The molecule has 0 aromatic heterocycles. The molecule has 0 heterocycles. The number of ether oxygens (including phenoxy) is 1. The Morgan fingerprint density at radius 2 is 1.33 bits per heavy atom. The highest BCUT2D eigenvalue weighted by Gasteiger charge is 2.36. The van der Waals surface area contributed by atoms with E-state index in [0.717, 1.165) is 18.4 Å². The smallest absolute Gasteiger partial charge is 0.392 e. The van der Waals surface area contributed by atoms with E-state index < -0.39 is 9.28 Å². The molecule has 6 unspecified atom stereocenters. The van der Waals surface area contributed by atoms with Crippen molar-refractivity contribution in [2.24, 2.45) is 35.5 Å². The second kappa shape index (κ2) is 11.3. The first kappa shape index (κ1) is 23.4. The normalized spacial score (nSPS) is 35.3. The number of hydrogen-bond acceptors (Lipinski definition) is 3. The van der Waals surface area contributed by atoms with E-state index >= 15 is 0 Å². The van der Waals surface area contributed by atoms with Gasteiger partial charge in [-0.1, -0.05) is 54.4 Å². The first-order valence-corrected chi connectivity index (χ1v) is 13.1. The van der Waals surface area contributed by atoms with Gasteiger partial charge in [-0.3, -0.25) is 0 Å². The van der Waals surface area contributed by atoms with Gasteiger partial charge in [-0.05, 0) is 68.1 Å². The topological polar surface area (TPSA) is 27.7 Å². The molecule has 0 aliphatic heterocycles. The molecule has 1 radical (unpaired) electrons. The fourth-order valence-corrected chi connectivity index (χ4v) is 6.67. The van der Waals surface area contributed by atoms with Crippen molar-refractivity contribution in [1.29, 1.82) is 0 Å². The zero-order chi connectivity index (χ0) is 20.0. The lowest BCUT2D eigenvalue weighted by atomic mass is 9.75. The van der Waals surface area contributed by atoms with Crippen LogP contribution in [0.4, 0.5) is 0 Å². The van der Waals surface area contributed by atoms with Gasteiger partial charge < -0.3 is 13.6 Å². The van der Waals surface area contributed by atoms with Crippen LogP contribution >= 0.6 is 0 Å². The molecule has 2 saturated carbocycles. The minimum absolute atomic E-state index is 0.351. The quantitative estimate of drug-likeness (QED) is 0.446. The highest BCUT2D eigenvalue weighted by atomic mass is 28.3. The molecule has 27 heavy (non-hydrogen) atoms. The average Bonchev–Trinajstić information content (AvgIpc) is 2.59. The van der Waals surface area contributed by atoms with E-state index in [1.807, 2.05) is 0 Å². The Kier molecular flexibility index (Phi) is 9.81. The monoisotopic (exact) mass is 397 g/mol. The molecule has 2 fully saturated rings. The molecule has 0 amide bonds. The Balaban J connectivity index is 1.95. The lowest BCUT2D eigenvalue weighted by Crippen LogP contribution is -2.43. The van der Waals surface area contributed by atoms with Crippen molar-refractivity contribution in [3.63, 3.8) is 0 Å². The Labute approximate surface area is 170 Å². The fourth-order valence-electron chi connectivity index (χ4n) is 5.17. The summed E-state index contributed by atoms with van der Waals surface area (Å²) in [7, 11) is -1.37. The van der Waals surface area contributed by atoms with Crippen molar-refractivity contribution >= 4 is 9.28 Å². The summed E-state index contributed by atoms with van der Waals surface area (Å²) in [4.78, 5) is 0. The third-order valence-electron chi connectivity index (χ3n) is 6.93. The van der Waals surface area contributed by atoms with Crippen LogP contribution in [0, 0.1) is 35.5 Å². The van der Waals surface area contributed by atoms with E-state index in [9.17, 15) is 0 Å². The third-order valence-corrected chi connectivity index (χ3v) is 8.50. The third kappa shape index (κ3) is 7.13. The van der Waals surface area contributed by atoms with Crippen molar-refractivity contribution in [1.82, 2.24) is 0 Å². The minimum atomic E-state index is -1.37. The SMILES string of the molecule is CCO[Si](COC1CC(C)CCC1C(C)C)OC1CC(C)CCC1C(C)C. The summed E-state index contributed by atoms with van der Waals surface area (Å²) in [5.74, 6) is 4.26. The van der Waals surface area contributed by atoms with Crippen molar-refractivity contribution in [3.05, 3.63) is 0 Å². The average molecular weight is 398 g/mol. The highest BCUT2D eigenvalue weighted by Crippen LogP contribution is 2.37. The van der Waals surface area contributed by atoms with Gasteiger partial charge in [0.25, 0.3) is 0 Å². The molecule has 0 aromatic carbocycles. The predicted octanol–water partition coefficient (Wildman–Crippen LogP) is 6.01. The van der Waals surface area contributed by atoms with Crippen LogP contribution in [0.1, 0.15) is 87.0 Å². The van der Waals surface area contributed by atoms with E-state index in [2.05, 4.69) is 48.5 Å². The van der Waals surface area contributed by atoms with Gasteiger partial charge in [0, 0.05) is 6.61 Å². The van der Waals surface area contributed by atoms with Crippen LogP contribution in [0.3, 0.4) is 0 Å². The summed E-state index contributed by atoms with van der Waals surface area (Å²) in [6, 6.07) is 0. The summed E-state index contributed by atoms with van der Waals surface area (Å²) in [6.07, 6.45) is 9.06. The summed E-state index contributed by atoms with van der Waals surface area (Å²) < 4.78 is 19.2. The van der Waals surface area contributed by atoms with Gasteiger partial charge in [-0.15, -0.1) is 0 Å². The van der Waals surface area contributed by atoms with Gasteiger partial charge in [-0.2, -0.15) is 0 Å². The molecular weight excluding hydrogens is 352 g/mol. The second-order valence-electron chi connectivity index (χ2n) is 9.96. The molecule has 2 rings (SSSR count). The molecule has 0 N–H and O–H groups in total. The zero-order valence-electron chi connectivity index (χ0n) is 19.0.